The van der Waals surface area contributed by atoms with Crippen molar-refractivity contribution in [3.8, 4) is 5.69 Å². The molecule has 8 heteroatoms. The van der Waals surface area contributed by atoms with Crippen molar-refractivity contribution in [1.29, 1.82) is 0 Å². The standard InChI is InChI=1S/C20H12Cl3N3O2/c1-11-6-19(26(25-11)14-3-4-16(22)17(23)8-14)24-9-12-10-28-18-5-2-13(21)7-15(18)20(12)27/h2-10H,1H3. The lowest BCUT2D eigenvalue weighted by Gasteiger charge is -2.05. The molecule has 2 aromatic heterocycles. The van der Waals surface area contributed by atoms with Crippen LogP contribution in [0.15, 0.2) is 62.9 Å². The predicted molar refractivity (Wildman–Crippen MR) is 113 cm³/mol. The van der Waals surface area contributed by atoms with E-state index in [1.807, 2.05) is 6.92 Å². The summed E-state index contributed by atoms with van der Waals surface area (Å²) in [6.45, 7) is 1.85. The van der Waals surface area contributed by atoms with Crippen molar-refractivity contribution < 1.29 is 4.42 Å². The summed E-state index contributed by atoms with van der Waals surface area (Å²) in [5.74, 6) is 0.529. The molecule has 0 saturated heterocycles. The van der Waals surface area contributed by atoms with Gasteiger partial charge in [0.25, 0.3) is 0 Å². The zero-order valence-electron chi connectivity index (χ0n) is 14.5. The van der Waals surface area contributed by atoms with Gasteiger partial charge in [0, 0.05) is 17.3 Å². The number of benzene rings is 2. The molecular formula is C20H12Cl3N3O2. The number of halogens is 3. The Balaban J connectivity index is 1.77. The monoisotopic (exact) mass is 431 g/mol. The van der Waals surface area contributed by atoms with Crippen LogP contribution in [-0.2, 0) is 0 Å². The van der Waals surface area contributed by atoms with E-state index in [2.05, 4.69) is 10.1 Å². The highest BCUT2D eigenvalue weighted by molar-refractivity contribution is 6.42. The van der Waals surface area contributed by atoms with Crippen LogP contribution in [0, 0.1) is 6.92 Å². The van der Waals surface area contributed by atoms with Crippen LogP contribution in [0.1, 0.15) is 11.3 Å². The molecule has 0 amide bonds. The fourth-order valence-electron chi connectivity index (χ4n) is 2.73. The second kappa shape index (κ2) is 7.43. The predicted octanol–water partition coefficient (Wildman–Crippen LogP) is 6.00. The van der Waals surface area contributed by atoms with Gasteiger partial charge >= 0.3 is 0 Å². The molecule has 0 atom stereocenters. The van der Waals surface area contributed by atoms with Gasteiger partial charge in [-0.15, -0.1) is 0 Å². The van der Waals surface area contributed by atoms with Crippen molar-refractivity contribution in [3.05, 3.63) is 85.3 Å². The van der Waals surface area contributed by atoms with Crippen LogP contribution in [0.5, 0.6) is 0 Å². The fraction of sp³-hybridized carbons (Fsp3) is 0.0500. The van der Waals surface area contributed by atoms with E-state index in [1.165, 1.54) is 12.5 Å². The van der Waals surface area contributed by atoms with Crippen molar-refractivity contribution in [2.75, 3.05) is 0 Å². The van der Waals surface area contributed by atoms with Crippen molar-refractivity contribution in [1.82, 2.24) is 9.78 Å². The number of fused-ring (bicyclic) bond motifs is 1. The zero-order chi connectivity index (χ0) is 19.8. The molecule has 0 bridgehead atoms. The highest BCUT2D eigenvalue weighted by Crippen LogP contribution is 2.27. The van der Waals surface area contributed by atoms with Gasteiger partial charge in [-0.05, 0) is 43.3 Å². The minimum Gasteiger partial charge on any atom is -0.463 e. The first-order valence-corrected chi connectivity index (χ1v) is 9.33. The average Bonchev–Trinajstić information content (AvgIpc) is 3.04. The first-order valence-electron chi connectivity index (χ1n) is 8.19. The van der Waals surface area contributed by atoms with E-state index in [9.17, 15) is 4.79 Å². The van der Waals surface area contributed by atoms with E-state index in [0.717, 1.165) is 5.69 Å². The minimum absolute atomic E-state index is 0.218. The van der Waals surface area contributed by atoms with Crippen LogP contribution >= 0.6 is 34.8 Å². The molecule has 140 valence electrons. The number of hydrogen-bond acceptors (Lipinski definition) is 4. The van der Waals surface area contributed by atoms with E-state index >= 15 is 0 Å². The van der Waals surface area contributed by atoms with E-state index in [0.29, 0.717) is 43.1 Å². The zero-order valence-corrected chi connectivity index (χ0v) is 16.8. The van der Waals surface area contributed by atoms with Crippen LogP contribution in [0.3, 0.4) is 0 Å². The Bertz CT molecular complexity index is 1290. The molecule has 0 aliphatic heterocycles. The van der Waals surface area contributed by atoms with Crippen LogP contribution in [0.4, 0.5) is 5.82 Å². The molecule has 2 aromatic carbocycles. The lowest BCUT2D eigenvalue weighted by molar-refractivity contribution is 0.601. The third kappa shape index (κ3) is 3.56. The molecule has 0 fully saturated rings. The van der Waals surface area contributed by atoms with Crippen molar-refractivity contribution in [2.24, 2.45) is 4.99 Å². The maximum absolute atomic E-state index is 12.7. The molecule has 0 N–H and O–H groups in total. The largest absolute Gasteiger partial charge is 0.463 e. The maximum Gasteiger partial charge on any atom is 0.201 e. The molecule has 0 aliphatic rings. The van der Waals surface area contributed by atoms with Gasteiger partial charge in [-0.1, -0.05) is 34.8 Å². The molecule has 28 heavy (non-hydrogen) atoms. The molecule has 4 aromatic rings. The van der Waals surface area contributed by atoms with Crippen molar-refractivity contribution in [2.45, 2.75) is 6.92 Å². The molecular weight excluding hydrogens is 421 g/mol. The van der Waals surface area contributed by atoms with Gasteiger partial charge in [0.05, 0.1) is 32.4 Å². The lowest BCUT2D eigenvalue weighted by Crippen LogP contribution is -2.08. The highest BCUT2D eigenvalue weighted by Gasteiger charge is 2.10. The molecule has 0 spiro atoms. The molecule has 0 aliphatic carbocycles. The quantitative estimate of drug-likeness (QED) is 0.373. The summed E-state index contributed by atoms with van der Waals surface area (Å²) in [5, 5.41) is 6.15. The smallest absolute Gasteiger partial charge is 0.201 e. The Kier molecular flexibility index (Phi) is 4.98. The maximum atomic E-state index is 12.7. The molecule has 0 unspecified atom stereocenters. The van der Waals surface area contributed by atoms with Crippen LogP contribution in [-0.4, -0.2) is 16.0 Å². The Morgan fingerprint density at radius 1 is 1.07 bits per heavy atom. The normalized spacial score (nSPS) is 11.6. The van der Waals surface area contributed by atoms with Gasteiger partial charge in [0.1, 0.15) is 11.8 Å². The number of nitrogens with zero attached hydrogens (tertiary/aromatic N) is 3. The van der Waals surface area contributed by atoms with Gasteiger partial charge in [-0.3, -0.25) is 4.79 Å². The second-order valence-corrected chi connectivity index (χ2v) is 7.32. The van der Waals surface area contributed by atoms with E-state index in [-0.39, 0.29) is 5.43 Å². The Morgan fingerprint density at radius 2 is 1.89 bits per heavy atom. The van der Waals surface area contributed by atoms with E-state index < -0.39 is 0 Å². The highest BCUT2D eigenvalue weighted by atomic mass is 35.5. The first kappa shape index (κ1) is 18.7. The van der Waals surface area contributed by atoms with E-state index in [1.54, 1.807) is 47.1 Å². The third-order valence-corrected chi connectivity index (χ3v) is 5.03. The van der Waals surface area contributed by atoms with Gasteiger partial charge in [-0.2, -0.15) is 5.10 Å². The number of rotatable bonds is 3. The average molecular weight is 433 g/mol. The topological polar surface area (TPSA) is 60.4 Å². The fourth-order valence-corrected chi connectivity index (χ4v) is 3.19. The summed E-state index contributed by atoms with van der Waals surface area (Å²) < 4.78 is 7.13. The number of aromatic nitrogens is 2. The molecule has 4 rings (SSSR count). The van der Waals surface area contributed by atoms with Crippen molar-refractivity contribution >= 4 is 57.8 Å². The Morgan fingerprint density at radius 3 is 2.68 bits per heavy atom. The molecule has 0 radical (unpaired) electrons. The summed E-state index contributed by atoms with van der Waals surface area (Å²) >= 11 is 18.1. The summed E-state index contributed by atoms with van der Waals surface area (Å²) in [6, 6.07) is 11.9. The lowest BCUT2D eigenvalue weighted by atomic mass is 10.2. The van der Waals surface area contributed by atoms with Gasteiger partial charge in [0.2, 0.25) is 5.43 Å². The van der Waals surface area contributed by atoms with Crippen molar-refractivity contribution in [3.63, 3.8) is 0 Å². The molecule has 2 heterocycles. The van der Waals surface area contributed by atoms with Crippen LogP contribution in [0.2, 0.25) is 15.1 Å². The molecule has 5 nitrogen and oxygen atoms in total. The second-order valence-electron chi connectivity index (χ2n) is 6.07. The summed E-state index contributed by atoms with van der Waals surface area (Å²) in [6.07, 6.45) is 2.81. The van der Waals surface area contributed by atoms with Gasteiger partial charge < -0.3 is 4.42 Å². The SMILES string of the molecule is Cc1cc(N=Cc2coc3ccc(Cl)cc3c2=O)n(-c2ccc(Cl)c(Cl)c2)n1. The van der Waals surface area contributed by atoms with Gasteiger partial charge in [-0.25, -0.2) is 9.67 Å². The number of aliphatic imine (C=N–C) groups is 1. The van der Waals surface area contributed by atoms with E-state index in [4.69, 9.17) is 39.2 Å². The summed E-state index contributed by atoms with van der Waals surface area (Å²) in [5.41, 5.74) is 2.00. The number of aryl methyl sites for hydroxylation is 1. The molecule has 0 saturated carbocycles. The summed E-state index contributed by atoms with van der Waals surface area (Å²) in [4.78, 5) is 17.1. The summed E-state index contributed by atoms with van der Waals surface area (Å²) in [7, 11) is 0. The minimum atomic E-state index is -0.218. The third-order valence-electron chi connectivity index (χ3n) is 4.06. The van der Waals surface area contributed by atoms with Gasteiger partial charge in [0.15, 0.2) is 5.82 Å². The number of hydrogen-bond donors (Lipinski definition) is 0. The van der Waals surface area contributed by atoms with Crippen LogP contribution < -0.4 is 5.43 Å². The Hall–Kier alpha value is -2.60. The van der Waals surface area contributed by atoms with Crippen LogP contribution in [0.25, 0.3) is 16.7 Å². The first-order chi connectivity index (χ1) is 13.4. The Labute approximate surface area is 174 Å².